The first-order chi connectivity index (χ1) is 7.60. The van der Waals surface area contributed by atoms with Crippen molar-refractivity contribution >= 4 is 0 Å². The number of hydrogen-bond acceptors (Lipinski definition) is 2. The number of halogens is 4. The van der Waals surface area contributed by atoms with Crippen molar-refractivity contribution in [2.45, 2.75) is 31.7 Å². The zero-order valence-electron chi connectivity index (χ0n) is 9.35. The summed E-state index contributed by atoms with van der Waals surface area (Å²) in [6.07, 6.45) is -4.97. The van der Waals surface area contributed by atoms with Crippen LogP contribution in [-0.2, 0) is 5.60 Å². The molecule has 0 spiro atoms. The van der Waals surface area contributed by atoms with Gasteiger partial charge in [-0.25, -0.2) is 4.39 Å². The van der Waals surface area contributed by atoms with Gasteiger partial charge in [-0.05, 0) is 31.0 Å². The molecule has 0 bridgehead atoms. The van der Waals surface area contributed by atoms with Crippen molar-refractivity contribution in [1.82, 2.24) is 0 Å². The van der Waals surface area contributed by atoms with Crippen molar-refractivity contribution in [3.63, 3.8) is 0 Å². The van der Waals surface area contributed by atoms with E-state index in [4.69, 9.17) is 5.73 Å². The summed E-state index contributed by atoms with van der Waals surface area (Å²) in [5, 5.41) is 9.70. The predicted molar refractivity (Wildman–Crippen MR) is 54.7 cm³/mol. The quantitative estimate of drug-likeness (QED) is 0.792. The van der Waals surface area contributed by atoms with Crippen LogP contribution >= 0.6 is 0 Å². The van der Waals surface area contributed by atoms with Gasteiger partial charge in [0.25, 0.3) is 0 Å². The molecule has 0 saturated heterocycles. The molecule has 0 heterocycles. The third kappa shape index (κ3) is 2.28. The first kappa shape index (κ1) is 13.9. The van der Waals surface area contributed by atoms with Crippen LogP contribution in [0.3, 0.4) is 0 Å². The molecule has 0 aliphatic heterocycles. The first-order valence-electron chi connectivity index (χ1n) is 4.92. The summed E-state index contributed by atoms with van der Waals surface area (Å²) >= 11 is 0. The molecule has 2 atom stereocenters. The third-order valence-electron chi connectivity index (χ3n) is 2.70. The molecule has 0 saturated carbocycles. The van der Waals surface area contributed by atoms with Gasteiger partial charge in [-0.1, -0.05) is 12.1 Å². The van der Waals surface area contributed by atoms with Crippen LogP contribution in [0.5, 0.6) is 0 Å². The molecule has 0 aliphatic rings. The second-order valence-electron chi connectivity index (χ2n) is 4.02. The molecule has 0 aromatic heterocycles. The van der Waals surface area contributed by atoms with Crippen molar-refractivity contribution in [1.29, 1.82) is 0 Å². The van der Waals surface area contributed by atoms with E-state index in [2.05, 4.69) is 0 Å². The average molecular weight is 251 g/mol. The highest BCUT2D eigenvalue weighted by Crippen LogP contribution is 2.41. The van der Waals surface area contributed by atoms with Crippen LogP contribution in [-0.4, -0.2) is 17.3 Å². The zero-order chi connectivity index (χ0) is 13.4. The van der Waals surface area contributed by atoms with Crippen molar-refractivity contribution in [2.24, 2.45) is 5.73 Å². The van der Waals surface area contributed by atoms with Crippen LogP contribution in [0.1, 0.15) is 18.1 Å². The predicted octanol–water partition coefficient (Wildman–Crippen LogP) is 2.23. The normalized spacial score (nSPS) is 17.6. The Balaban J connectivity index is 3.39. The summed E-state index contributed by atoms with van der Waals surface area (Å²) in [7, 11) is 0. The average Bonchev–Trinajstić information content (AvgIpc) is 2.19. The number of benzene rings is 1. The van der Waals surface area contributed by atoms with Gasteiger partial charge in [0.2, 0.25) is 5.60 Å². The van der Waals surface area contributed by atoms with E-state index < -0.39 is 29.2 Å². The van der Waals surface area contributed by atoms with Gasteiger partial charge in [0.05, 0.1) is 0 Å². The lowest BCUT2D eigenvalue weighted by Crippen LogP contribution is -2.54. The maximum atomic E-state index is 13.2. The summed E-state index contributed by atoms with van der Waals surface area (Å²) < 4.78 is 51.7. The maximum Gasteiger partial charge on any atom is 0.422 e. The van der Waals surface area contributed by atoms with Gasteiger partial charge < -0.3 is 10.8 Å². The Morgan fingerprint density at radius 3 is 2.18 bits per heavy atom. The van der Waals surface area contributed by atoms with E-state index >= 15 is 0 Å². The van der Waals surface area contributed by atoms with Gasteiger partial charge in [0.15, 0.2) is 0 Å². The first-order valence-corrected chi connectivity index (χ1v) is 4.92. The molecular weight excluding hydrogens is 238 g/mol. The lowest BCUT2D eigenvalue weighted by Gasteiger charge is -2.34. The largest absolute Gasteiger partial charge is 0.422 e. The minimum Gasteiger partial charge on any atom is -0.375 e. The highest BCUT2D eigenvalue weighted by molar-refractivity contribution is 5.30. The van der Waals surface area contributed by atoms with E-state index in [0.29, 0.717) is 6.07 Å². The van der Waals surface area contributed by atoms with E-state index in [9.17, 15) is 22.7 Å². The summed E-state index contributed by atoms with van der Waals surface area (Å²) in [4.78, 5) is 0. The smallest absolute Gasteiger partial charge is 0.375 e. The van der Waals surface area contributed by atoms with Gasteiger partial charge >= 0.3 is 6.18 Å². The third-order valence-corrected chi connectivity index (χ3v) is 2.70. The topological polar surface area (TPSA) is 46.2 Å². The van der Waals surface area contributed by atoms with Gasteiger partial charge in [0, 0.05) is 6.04 Å². The minimum absolute atomic E-state index is 0.197. The number of hydrogen-bond donors (Lipinski definition) is 2. The number of nitrogens with two attached hydrogens (primary N) is 1. The summed E-state index contributed by atoms with van der Waals surface area (Å²) in [5.74, 6) is -0.814. The molecule has 0 amide bonds. The molecule has 6 heteroatoms. The van der Waals surface area contributed by atoms with Crippen LogP contribution in [0.15, 0.2) is 18.2 Å². The second-order valence-corrected chi connectivity index (χ2v) is 4.02. The highest BCUT2D eigenvalue weighted by Gasteiger charge is 2.57. The second kappa shape index (κ2) is 4.27. The lowest BCUT2D eigenvalue weighted by molar-refractivity contribution is -0.272. The molecule has 1 aromatic carbocycles. The van der Waals surface area contributed by atoms with Crippen molar-refractivity contribution in [2.75, 3.05) is 0 Å². The fourth-order valence-electron chi connectivity index (χ4n) is 1.51. The monoisotopic (exact) mass is 251 g/mol. The Kier molecular flexibility index (Phi) is 3.50. The summed E-state index contributed by atoms with van der Waals surface area (Å²) in [6, 6.07) is 1.25. The maximum absolute atomic E-state index is 13.2. The molecule has 96 valence electrons. The fraction of sp³-hybridized carbons (Fsp3) is 0.455. The van der Waals surface area contributed by atoms with Crippen molar-refractivity contribution in [3.05, 3.63) is 35.1 Å². The van der Waals surface area contributed by atoms with Gasteiger partial charge in [-0.3, -0.25) is 0 Å². The molecule has 0 aliphatic carbocycles. The number of aliphatic hydroxyl groups is 1. The van der Waals surface area contributed by atoms with E-state index in [-0.39, 0.29) is 5.56 Å². The Hall–Kier alpha value is -1.14. The van der Waals surface area contributed by atoms with Crippen LogP contribution in [0.2, 0.25) is 0 Å². The van der Waals surface area contributed by atoms with Crippen LogP contribution in [0.25, 0.3) is 0 Å². The van der Waals surface area contributed by atoms with Gasteiger partial charge in [-0.15, -0.1) is 0 Å². The van der Waals surface area contributed by atoms with Crippen LogP contribution in [0, 0.1) is 12.7 Å². The fourth-order valence-corrected chi connectivity index (χ4v) is 1.51. The number of aryl methyl sites for hydroxylation is 1. The Morgan fingerprint density at radius 1 is 1.29 bits per heavy atom. The number of rotatable bonds is 2. The van der Waals surface area contributed by atoms with Gasteiger partial charge in [-0.2, -0.15) is 13.2 Å². The van der Waals surface area contributed by atoms with Crippen LogP contribution in [0.4, 0.5) is 17.6 Å². The summed E-state index contributed by atoms with van der Waals surface area (Å²) in [5.41, 5.74) is 1.54. The van der Waals surface area contributed by atoms with Crippen LogP contribution < -0.4 is 5.73 Å². The lowest BCUT2D eigenvalue weighted by atomic mass is 9.86. The highest BCUT2D eigenvalue weighted by atomic mass is 19.4. The Morgan fingerprint density at radius 2 is 1.82 bits per heavy atom. The Labute approximate surface area is 96.1 Å². The molecule has 17 heavy (non-hydrogen) atoms. The molecule has 3 N–H and O–H groups in total. The van der Waals surface area contributed by atoms with E-state index in [1.165, 1.54) is 13.0 Å². The number of alkyl halides is 3. The molecule has 0 fully saturated rings. The molecule has 0 radical (unpaired) electrons. The molecule has 1 aromatic rings. The van der Waals surface area contributed by atoms with Crippen molar-refractivity contribution < 1.29 is 22.7 Å². The van der Waals surface area contributed by atoms with Crippen molar-refractivity contribution in [3.8, 4) is 0 Å². The molecule has 2 nitrogen and oxygen atoms in total. The molecular formula is C11H13F4NO. The SMILES string of the molecule is Cc1ccc(C(O)(C(C)N)C(F)(F)F)cc1F. The van der Waals surface area contributed by atoms with E-state index in [1.54, 1.807) is 0 Å². The molecule has 2 unspecified atom stereocenters. The zero-order valence-corrected chi connectivity index (χ0v) is 9.35. The van der Waals surface area contributed by atoms with Gasteiger partial charge in [0.1, 0.15) is 5.82 Å². The molecule has 1 rings (SSSR count). The summed E-state index contributed by atoms with van der Waals surface area (Å²) in [6.45, 7) is 2.43. The standard InChI is InChI=1S/C11H13F4NO/c1-6-3-4-8(5-9(6)12)10(17,7(2)16)11(13,14)15/h3-5,7,17H,16H2,1-2H3. The minimum atomic E-state index is -4.97. The van der Waals surface area contributed by atoms with E-state index in [0.717, 1.165) is 13.0 Å². The Bertz CT molecular complexity index is 416. The van der Waals surface area contributed by atoms with E-state index in [1.807, 2.05) is 0 Å².